The third-order valence-electron chi connectivity index (χ3n) is 3.70. The third-order valence-corrected chi connectivity index (χ3v) is 4.19. The van der Waals surface area contributed by atoms with Crippen LogP contribution >= 0.6 is 15.9 Å². The fraction of sp³-hybridized carbons (Fsp3) is 0.263. The van der Waals surface area contributed by atoms with E-state index in [2.05, 4.69) is 79.2 Å². The van der Waals surface area contributed by atoms with Gasteiger partial charge in [-0.05, 0) is 68.2 Å². The summed E-state index contributed by atoms with van der Waals surface area (Å²) in [6.07, 6.45) is 9.69. The van der Waals surface area contributed by atoms with Crippen LogP contribution < -0.4 is 0 Å². The maximum absolute atomic E-state index is 6.11. The Morgan fingerprint density at radius 1 is 1.29 bits per heavy atom. The molecule has 0 radical (unpaired) electrons. The predicted molar refractivity (Wildman–Crippen MR) is 91.8 cm³/mol. The number of rotatable bonds is 1. The zero-order chi connectivity index (χ0) is 15.0. The first-order valence-corrected chi connectivity index (χ1v) is 8.00. The zero-order valence-corrected chi connectivity index (χ0v) is 14.2. The van der Waals surface area contributed by atoms with Crippen molar-refractivity contribution in [3.63, 3.8) is 0 Å². The van der Waals surface area contributed by atoms with E-state index in [1.807, 2.05) is 6.07 Å². The maximum atomic E-state index is 6.11. The van der Waals surface area contributed by atoms with Gasteiger partial charge in [-0.2, -0.15) is 0 Å². The molecule has 2 heteroatoms. The summed E-state index contributed by atoms with van der Waals surface area (Å²) < 4.78 is 7.21. The fourth-order valence-corrected chi connectivity index (χ4v) is 3.42. The van der Waals surface area contributed by atoms with E-state index in [0.717, 1.165) is 16.7 Å². The summed E-state index contributed by atoms with van der Waals surface area (Å²) in [6, 6.07) is 8.37. The van der Waals surface area contributed by atoms with Crippen LogP contribution in [-0.4, -0.2) is 5.60 Å². The number of halogens is 1. The Hall–Kier alpha value is -1.54. The first-order chi connectivity index (χ1) is 9.94. The second-order valence-corrected chi connectivity index (χ2v) is 7.02. The van der Waals surface area contributed by atoms with Crippen LogP contribution in [0.15, 0.2) is 69.4 Å². The molecule has 1 aliphatic heterocycles. The Morgan fingerprint density at radius 2 is 2.10 bits per heavy atom. The van der Waals surface area contributed by atoms with Crippen LogP contribution in [0.4, 0.5) is 0 Å². The van der Waals surface area contributed by atoms with Crippen LogP contribution in [0, 0.1) is 0 Å². The molecule has 0 fully saturated rings. The molecule has 0 saturated carbocycles. The SMILES string of the molecule is CC1=CC(C)(C)OC2=C1C(=Cc1cccc(Br)c1)CC=C2. The molecule has 3 rings (SSSR count). The van der Waals surface area contributed by atoms with Gasteiger partial charge in [0.05, 0.1) is 0 Å². The zero-order valence-electron chi connectivity index (χ0n) is 12.6. The summed E-state index contributed by atoms with van der Waals surface area (Å²) in [6.45, 7) is 6.37. The van der Waals surface area contributed by atoms with Crippen LogP contribution in [-0.2, 0) is 4.74 Å². The number of benzene rings is 1. The number of hydrogen-bond acceptors (Lipinski definition) is 1. The highest BCUT2D eigenvalue weighted by Crippen LogP contribution is 2.39. The Balaban J connectivity index is 2.04. The van der Waals surface area contributed by atoms with Gasteiger partial charge < -0.3 is 4.74 Å². The fourth-order valence-electron chi connectivity index (χ4n) is 3.00. The summed E-state index contributed by atoms with van der Waals surface area (Å²) in [4.78, 5) is 0. The second-order valence-electron chi connectivity index (χ2n) is 6.10. The summed E-state index contributed by atoms with van der Waals surface area (Å²) in [5.41, 5.74) is 4.84. The molecule has 0 bridgehead atoms. The Kier molecular flexibility index (Phi) is 3.66. The van der Waals surface area contributed by atoms with E-state index < -0.39 is 0 Å². The van der Waals surface area contributed by atoms with E-state index in [1.54, 1.807) is 0 Å². The van der Waals surface area contributed by atoms with Crippen LogP contribution in [0.25, 0.3) is 6.08 Å². The second kappa shape index (κ2) is 5.34. The third kappa shape index (κ3) is 3.06. The molecule has 0 amide bonds. The normalized spacial score (nSPS) is 21.9. The van der Waals surface area contributed by atoms with Crippen molar-refractivity contribution in [3.05, 3.63) is 75.0 Å². The largest absolute Gasteiger partial charge is 0.483 e. The van der Waals surface area contributed by atoms with Gasteiger partial charge in [-0.3, -0.25) is 0 Å². The summed E-state index contributed by atoms with van der Waals surface area (Å²) in [7, 11) is 0. The number of ether oxygens (including phenoxy) is 1. The highest BCUT2D eigenvalue weighted by molar-refractivity contribution is 9.10. The molecule has 1 heterocycles. The van der Waals surface area contributed by atoms with Crippen molar-refractivity contribution in [3.8, 4) is 0 Å². The molecule has 0 spiro atoms. The van der Waals surface area contributed by atoms with Crippen molar-refractivity contribution in [2.75, 3.05) is 0 Å². The summed E-state index contributed by atoms with van der Waals surface area (Å²) in [5.74, 6) is 0.993. The van der Waals surface area contributed by atoms with Gasteiger partial charge in [0, 0.05) is 10.0 Å². The van der Waals surface area contributed by atoms with Gasteiger partial charge in [0.1, 0.15) is 11.4 Å². The Bertz CT molecular complexity index is 702. The lowest BCUT2D eigenvalue weighted by atomic mass is 9.86. The summed E-state index contributed by atoms with van der Waals surface area (Å²) >= 11 is 3.53. The molecule has 1 nitrogen and oxygen atoms in total. The molecule has 1 aliphatic carbocycles. The average Bonchev–Trinajstić information content (AvgIpc) is 2.36. The van der Waals surface area contributed by atoms with Gasteiger partial charge in [-0.1, -0.05) is 40.2 Å². The van der Waals surface area contributed by atoms with Crippen molar-refractivity contribution in [2.24, 2.45) is 0 Å². The first-order valence-electron chi connectivity index (χ1n) is 7.21. The molecule has 0 atom stereocenters. The minimum absolute atomic E-state index is 0.231. The van der Waals surface area contributed by atoms with Gasteiger partial charge in [0.2, 0.25) is 0 Å². The lowest BCUT2D eigenvalue weighted by molar-refractivity contribution is 0.0797. The lowest BCUT2D eigenvalue weighted by Gasteiger charge is -2.33. The van der Waals surface area contributed by atoms with E-state index >= 15 is 0 Å². The molecule has 0 unspecified atom stereocenters. The lowest BCUT2D eigenvalue weighted by Crippen LogP contribution is -2.26. The smallest absolute Gasteiger partial charge is 0.128 e. The van der Waals surface area contributed by atoms with Crippen LogP contribution in [0.2, 0.25) is 0 Å². The molecular weight excluding hydrogens is 324 g/mol. The maximum Gasteiger partial charge on any atom is 0.128 e. The quantitative estimate of drug-likeness (QED) is 0.626. The molecule has 2 aliphatic rings. The van der Waals surface area contributed by atoms with Crippen LogP contribution in [0.1, 0.15) is 32.8 Å². The van der Waals surface area contributed by atoms with Crippen LogP contribution in [0.5, 0.6) is 0 Å². The van der Waals surface area contributed by atoms with Crippen LogP contribution in [0.3, 0.4) is 0 Å². The van der Waals surface area contributed by atoms with E-state index in [0.29, 0.717) is 0 Å². The van der Waals surface area contributed by atoms with Crippen molar-refractivity contribution in [1.82, 2.24) is 0 Å². The molecule has 0 aromatic heterocycles. The van der Waals surface area contributed by atoms with Crippen molar-refractivity contribution >= 4 is 22.0 Å². The van der Waals surface area contributed by atoms with Gasteiger partial charge in [-0.15, -0.1) is 0 Å². The molecule has 1 aromatic rings. The highest BCUT2D eigenvalue weighted by Gasteiger charge is 2.28. The van der Waals surface area contributed by atoms with E-state index in [4.69, 9.17) is 4.74 Å². The van der Waals surface area contributed by atoms with Gasteiger partial charge in [0.25, 0.3) is 0 Å². The first kappa shape index (κ1) is 14.4. The Labute approximate surface area is 134 Å². The molecule has 1 aromatic carbocycles. The molecule has 21 heavy (non-hydrogen) atoms. The van der Waals surface area contributed by atoms with Crippen molar-refractivity contribution < 1.29 is 4.74 Å². The van der Waals surface area contributed by atoms with Gasteiger partial charge in [-0.25, -0.2) is 0 Å². The average molecular weight is 343 g/mol. The minimum Gasteiger partial charge on any atom is -0.483 e. The van der Waals surface area contributed by atoms with Gasteiger partial charge in [0.15, 0.2) is 0 Å². The van der Waals surface area contributed by atoms with E-state index in [1.165, 1.54) is 22.3 Å². The molecule has 108 valence electrons. The predicted octanol–water partition coefficient (Wildman–Crippen LogP) is 5.80. The monoisotopic (exact) mass is 342 g/mol. The van der Waals surface area contributed by atoms with E-state index in [-0.39, 0.29) is 5.60 Å². The van der Waals surface area contributed by atoms with Crippen molar-refractivity contribution in [1.29, 1.82) is 0 Å². The topological polar surface area (TPSA) is 9.23 Å². The number of hydrogen-bond donors (Lipinski definition) is 0. The van der Waals surface area contributed by atoms with Gasteiger partial charge >= 0.3 is 0 Å². The van der Waals surface area contributed by atoms with E-state index in [9.17, 15) is 0 Å². The van der Waals surface area contributed by atoms with Crippen molar-refractivity contribution in [2.45, 2.75) is 32.8 Å². The Morgan fingerprint density at radius 3 is 2.86 bits per heavy atom. The standard InChI is InChI=1S/C19H19BrO/c1-13-12-19(2,3)21-17-9-5-7-15(18(13)17)10-14-6-4-8-16(20)11-14/h4-6,8-12H,7H2,1-3H3. The highest BCUT2D eigenvalue weighted by atomic mass is 79.9. The summed E-state index contributed by atoms with van der Waals surface area (Å²) in [5, 5.41) is 0. The molecule has 0 saturated heterocycles. The number of allylic oxidation sites excluding steroid dienone is 5. The molecular formula is C19H19BrO. The molecule has 0 N–H and O–H groups in total. The minimum atomic E-state index is -0.231.